The second-order valence-electron chi connectivity index (χ2n) is 8.47. The third kappa shape index (κ3) is 5.82. The number of sulfonamides is 1. The predicted octanol–water partition coefficient (Wildman–Crippen LogP) is 3.82. The number of primary sulfonamides is 1. The molecule has 1 aliphatic rings. The van der Waals surface area contributed by atoms with Gasteiger partial charge in [0.2, 0.25) is 15.9 Å². The lowest BCUT2D eigenvalue weighted by Crippen LogP contribution is -2.36. The van der Waals surface area contributed by atoms with Crippen LogP contribution in [0.2, 0.25) is 0 Å². The van der Waals surface area contributed by atoms with Gasteiger partial charge >= 0.3 is 0 Å². The van der Waals surface area contributed by atoms with Gasteiger partial charge in [-0.15, -0.1) is 0 Å². The number of hydrogen-bond acceptors (Lipinski definition) is 7. The van der Waals surface area contributed by atoms with Crippen LogP contribution in [0, 0.1) is 13.8 Å². The number of carbonyl (C=O) groups excluding carboxylic acids is 3. The molecule has 0 radical (unpaired) electrons. The number of rotatable bonds is 8. The van der Waals surface area contributed by atoms with Gasteiger partial charge in [-0.2, -0.15) is 0 Å². The summed E-state index contributed by atoms with van der Waals surface area (Å²) in [6.07, 6.45) is 1.62. The third-order valence-corrected chi connectivity index (χ3v) is 7.64. The van der Waals surface area contributed by atoms with Gasteiger partial charge < -0.3 is 14.6 Å². The first-order valence-corrected chi connectivity index (χ1v) is 13.9. The zero-order valence-corrected chi connectivity index (χ0v) is 22.6. The van der Waals surface area contributed by atoms with Crippen LogP contribution in [0.5, 0.6) is 5.75 Å². The zero-order chi connectivity index (χ0) is 27.6. The van der Waals surface area contributed by atoms with E-state index in [-0.39, 0.29) is 9.80 Å². The van der Waals surface area contributed by atoms with Crippen LogP contribution in [0.15, 0.2) is 64.4 Å². The minimum absolute atomic E-state index is 0.00386. The number of nitrogens with one attached hydrogen (secondary N) is 1. The normalized spacial score (nSPS) is 14.8. The standard InChI is InChI=1S/C26H26N4O6S2/c1-4-36-21-9-5-19(6-10-21)28-24(31)15-29-25(32)23(37-26(29)33)14-18-13-16(2)30(17(18)3)20-7-11-22(12-8-20)38(27,34)35/h5-14H,4,15H2,1-3H3,(H,28,31)(H2,27,34,35)/b23-14+. The van der Waals surface area contributed by atoms with E-state index < -0.39 is 33.6 Å². The first-order chi connectivity index (χ1) is 18.0. The Morgan fingerprint density at radius 3 is 2.34 bits per heavy atom. The van der Waals surface area contributed by atoms with Gasteiger partial charge in [0, 0.05) is 22.8 Å². The van der Waals surface area contributed by atoms with E-state index in [2.05, 4.69) is 5.32 Å². The molecule has 38 heavy (non-hydrogen) atoms. The van der Waals surface area contributed by atoms with E-state index in [1.807, 2.05) is 31.4 Å². The van der Waals surface area contributed by atoms with Crippen LogP contribution < -0.4 is 15.2 Å². The maximum atomic E-state index is 13.0. The number of amides is 3. The SMILES string of the molecule is CCOc1ccc(NC(=O)CN2C(=O)S/C(=C/c3cc(C)n(-c4ccc(S(N)(=O)=O)cc4)c3C)C2=O)cc1. The molecule has 0 unspecified atom stereocenters. The Morgan fingerprint density at radius 2 is 1.74 bits per heavy atom. The molecule has 1 aromatic heterocycles. The summed E-state index contributed by atoms with van der Waals surface area (Å²) in [4.78, 5) is 39.1. The van der Waals surface area contributed by atoms with Crippen molar-refractivity contribution in [3.05, 3.63) is 76.5 Å². The van der Waals surface area contributed by atoms with Crippen LogP contribution >= 0.6 is 11.8 Å². The Bertz CT molecular complexity index is 1540. The maximum absolute atomic E-state index is 13.0. The smallest absolute Gasteiger partial charge is 0.294 e. The lowest BCUT2D eigenvalue weighted by Gasteiger charge is -2.12. The van der Waals surface area contributed by atoms with Gasteiger partial charge in [0.25, 0.3) is 11.1 Å². The van der Waals surface area contributed by atoms with Crippen LogP contribution in [0.4, 0.5) is 10.5 Å². The van der Waals surface area contributed by atoms with Crippen molar-refractivity contribution >= 4 is 50.6 Å². The number of benzene rings is 2. The topological polar surface area (TPSA) is 141 Å². The Kier molecular flexibility index (Phi) is 7.76. The molecular formula is C26H26N4O6S2. The highest BCUT2D eigenvalue weighted by Crippen LogP contribution is 2.34. The molecule has 1 fully saturated rings. The van der Waals surface area contributed by atoms with Crippen molar-refractivity contribution in [2.24, 2.45) is 5.14 Å². The van der Waals surface area contributed by atoms with E-state index in [1.54, 1.807) is 42.5 Å². The molecule has 4 rings (SSSR count). The number of aryl methyl sites for hydroxylation is 1. The van der Waals surface area contributed by atoms with Gasteiger partial charge in [-0.1, -0.05) is 0 Å². The fraction of sp³-hybridized carbons (Fsp3) is 0.192. The molecular weight excluding hydrogens is 528 g/mol. The molecule has 3 aromatic rings. The van der Waals surface area contributed by atoms with Crippen LogP contribution in [0.3, 0.4) is 0 Å². The Hall–Kier alpha value is -3.87. The summed E-state index contributed by atoms with van der Waals surface area (Å²) in [6.45, 7) is 5.70. The third-order valence-electron chi connectivity index (χ3n) is 5.80. The van der Waals surface area contributed by atoms with Gasteiger partial charge in [0.05, 0.1) is 16.4 Å². The van der Waals surface area contributed by atoms with E-state index in [4.69, 9.17) is 9.88 Å². The molecule has 1 saturated heterocycles. The Morgan fingerprint density at radius 1 is 1.08 bits per heavy atom. The van der Waals surface area contributed by atoms with Crippen molar-refractivity contribution in [2.75, 3.05) is 18.5 Å². The van der Waals surface area contributed by atoms with Gasteiger partial charge in [0.1, 0.15) is 12.3 Å². The highest BCUT2D eigenvalue weighted by molar-refractivity contribution is 8.18. The summed E-state index contributed by atoms with van der Waals surface area (Å²) < 4.78 is 30.4. The lowest BCUT2D eigenvalue weighted by molar-refractivity contribution is -0.127. The summed E-state index contributed by atoms with van der Waals surface area (Å²) in [6, 6.07) is 14.8. The summed E-state index contributed by atoms with van der Waals surface area (Å²) in [7, 11) is -3.81. The number of hydrogen-bond donors (Lipinski definition) is 2. The number of nitrogens with zero attached hydrogens (tertiary/aromatic N) is 2. The molecule has 198 valence electrons. The fourth-order valence-electron chi connectivity index (χ4n) is 4.04. The molecule has 10 nitrogen and oxygen atoms in total. The number of thioether (sulfide) groups is 1. The molecule has 3 amide bonds. The van der Waals surface area contributed by atoms with E-state index in [0.29, 0.717) is 29.3 Å². The predicted molar refractivity (Wildman–Crippen MR) is 146 cm³/mol. The average Bonchev–Trinajstić information content (AvgIpc) is 3.28. The minimum atomic E-state index is -3.81. The van der Waals surface area contributed by atoms with Crippen molar-refractivity contribution in [1.82, 2.24) is 9.47 Å². The maximum Gasteiger partial charge on any atom is 0.294 e. The Labute approximate surface area is 224 Å². The van der Waals surface area contributed by atoms with Crippen LogP contribution in [0.1, 0.15) is 23.9 Å². The first-order valence-electron chi connectivity index (χ1n) is 11.6. The largest absolute Gasteiger partial charge is 0.494 e. The van der Waals surface area contributed by atoms with Crippen molar-refractivity contribution in [2.45, 2.75) is 25.7 Å². The second kappa shape index (κ2) is 10.9. The fourth-order valence-corrected chi connectivity index (χ4v) is 5.38. The number of aromatic nitrogens is 1. The monoisotopic (exact) mass is 554 g/mol. The van der Waals surface area contributed by atoms with E-state index >= 15 is 0 Å². The molecule has 0 saturated carbocycles. The number of anilines is 1. The molecule has 0 atom stereocenters. The summed E-state index contributed by atoms with van der Waals surface area (Å²) in [5.41, 5.74) is 3.57. The summed E-state index contributed by atoms with van der Waals surface area (Å²) >= 11 is 0.769. The molecule has 0 bridgehead atoms. The van der Waals surface area contributed by atoms with E-state index in [9.17, 15) is 22.8 Å². The van der Waals surface area contributed by atoms with Gasteiger partial charge in [-0.25, -0.2) is 13.6 Å². The van der Waals surface area contributed by atoms with Crippen molar-refractivity contribution in [1.29, 1.82) is 0 Å². The zero-order valence-electron chi connectivity index (χ0n) is 20.9. The lowest BCUT2D eigenvalue weighted by atomic mass is 10.2. The van der Waals surface area contributed by atoms with Gasteiger partial charge in [0.15, 0.2) is 0 Å². The summed E-state index contributed by atoms with van der Waals surface area (Å²) in [5, 5.41) is 7.33. The quantitative estimate of drug-likeness (QED) is 0.403. The number of ether oxygens (including phenoxy) is 1. The molecule has 2 aromatic carbocycles. The number of carbonyl (C=O) groups is 3. The van der Waals surface area contributed by atoms with Gasteiger partial charge in [-0.3, -0.25) is 19.3 Å². The number of nitrogens with two attached hydrogens (primary N) is 1. The first kappa shape index (κ1) is 27.2. The average molecular weight is 555 g/mol. The van der Waals surface area contributed by atoms with Crippen LogP contribution in [-0.4, -0.2) is 48.1 Å². The second-order valence-corrected chi connectivity index (χ2v) is 11.0. The molecule has 1 aliphatic heterocycles. The highest BCUT2D eigenvalue weighted by Gasteiger charge is 2.36. The highest BCUT2D eigenvalue weighted by atomic mass is 32.2. The van der Waals surface area contributed by atoms with Crippen molar-refractivity contribution in [3.63, 3.8) is 0 Å². The van der Waals surface area contributed by atoms with Gasteiger partial charge in [-0.05, 0) is 98.8 Å². The summed E-state index contributed by atoms with van der Waals surface area (Å²) in [5.74, 6) is -0.385. The molecule has 12 heteroatoms. The molecule has 0 aliphatic carbocycles. The van der Waals surface area contributed by atoms with Crippen molar-refractivity contribution in [3.8, 4) is 11.4 Å². The molecule has 2 heterocycles. The minimum Gasteiger partial charge on any atom is -0.494 e. The van der Waals surface area contributed by atoms with Crippen LogP contribution in [-0.2, 0) is 19.6 Å². The Balaban J connectivity index is 1.49. The van der Waals surface area contributed by atoms with Crippen LogP contribution in [0.25, 0.3) is 11.8 Å². The molecule has 0 spiro atoms. The van der Waals surface area contributed by atoms with E-state index in [0.717, 1.165) is 28.0 Å². The van der Waals surface area contributed by atoms with Crippen molar-refractivity contribution < 1.29 is 27.5 Å². The molecule has 3 N–H and O–H groups in total. The van der Waals surface area contributed by atoms with E-state index in [1.165, 1.54) is 12.1 Å². The number of imide groups is 1.